The Balaban J connectivity index is 1.78. The third kappa shape index (κ3) is 3.60. The zero-order valence-electron chi connectivity index (χ0n) is 14.1. The molecule has 2 aromatic carbocycles. The lowest BCUT2D eigenvalue weighted by atomic mass is 10.1. The van der Waals surface area contributed by atoms with E-state index in [0.717, 1.165) is 17.8 Å². The van der Waals surface area contributed by atoms with Crippen LogP contribution < -0.4 is 4.74 Å². The fourth-order valence-electron chi connectivity index (χ4n) is 2.42. The molecule has 0 aliphatic rings. The Morgan fingerprint density at radius 1 is 1.19 bits per heavy atom. The van der Waals surface area contributed by atoms with Gasteiger partial charge in [0.15, 0.2) is 16.8 Å². The van der Waals surface area contributed by atoms with Gasteiger partial charge in [-0.25, -0.2) is 8.78 Å². The fraction of sp³-hybridized carbons (Fsp3) is 0.167. The van der Waals surface area contributed by atoms with E-state index < -0.39 is 11.6 Å². The average Bonchev–Trinajstić information content (AvgIpc) is 3.00. The maximum atomic E-state index is 13.9. The predicted molar refractivity (Wildman–Crippen MR) is 94.4 cm³/mol. The summed E-state index contributed by atoms with van der Waals surface area (Å²) in [5.74, 6) is -0.534. The number of ketones is 1. The molecule has 5 nitrogen and oxygen atoms in total. The fourth-order valence-corrected chi connectivity index (χ4v) is 3.22. The van der Waals surface area contributed by atoms with Gasteiger partial charge in [0.05, 0.1) is 24.0 Å². The molecule has 134 valence electrons. The molecule has 3 rings (SSSR count). The third-order valence-electron chi connectivity index (χ3n) is 3.74. The smallest absolute Gasteiger partial charge is 0.191 e. The van der Waals surface area contributed by atoms with Crippen molar-refractivity contribution in [3.8, 4) is 17.1 Å². The molecule has 0 aliphatic carbocycles. The second kappa shape index (κ2) is 7.65. The number of aromatic nitrogens is 3. The Labute approximate surface area is 153 Å². The van der Waals surface area contributed by atoms with Gasteiger partial charge < -0.3 is 9.30 Å². The summed E-state index contributed by atoms with van der Waals surface area (Å²) in [6, 6.07) is 10.0. The number of halogens is 2. The van der Waals surface area contributed by atoms with E-state index in [9.17, 15) is 13.6 Å². The van der Waals surface area contributed by atoms with Gasteiger partial charge >= 0.3 is 0 Å². The normalized spacial score (nSPS) is 10.8. The van der Waals surface area contributed by atoms with Crippen molar-refractivity contribution in [3.05, 3.63) is 59.7 Å². The molecule has 0 atom stereocenters. The Kier molecular flexibility index (Phi) is 5.32. The minimum atomic E-state index is -0.514. The number of hydrogen-bond donors (Lipinski definition) is 0. The number of ether oxygens (including phenoxy) is 1. The minimum absolute atomic E-state index is 0.0169. The van der Waals surface area contributed by atoms with Gasteiger partial charge in [-0.05, 0) is 30.3 Å². The molecule has 0 saturated heterocycles. The van der Waals surface area contributed by atoms with E-state index >= 15 is 0 Å². The van der Waals surface area contributed by atoms with Crippen LogP contribution in [0.4, 0.5) is 8.78 Å². The number of hydrogen-bond acceptors (Lipinski definition) is 5. The largest absolute Gasteiger partial charge is 0.496 e. The molecule has 1 aromatic heterocycles. The monoisotopic (exact) mass is 375 g/mol. The molecular weight excluding hydrogens is 360 g/mol. The lowest BCUT2D eigenvalue weighted by Crippen LogP contribution is -2.06. The number of Topliss-reactive ketones (excluding diaryl/α,β-unsaturated/α-hetero) is 1. The van der Waals surface area contributed by atoms with Gasteiger partial charge in [0, 0.05) is 7.05 Å². The van der Waals surface area contributed by atoms with Crippen LogP contribution in [0.5, 0.6) is 5.75 Å². The summed E-state index contributed by atoms with van der Waals surface area (Å²) >= 11 is 1.14. The molecule has 0 spiro atoms. The molecule has 0 unspecified atom stereocenters. The standard InChI is InChI=1S/C18H15F2N3O2S/c1-23-17(12-5-3-4-6-14(12)20)21-22-18(23)26-10-15(24)13-9-11(19)7-8-16(13)25-2/h3-9H,10H2,1-2H3. The number of carbonyl (C=O) groups is 1. The molecule has 0 aliphatic heterocycles. The van der Waals surface area contributed by atoms with Crippen molar-refractivity contribution in [2.75, 3.05) is 12.9 Å². The van der Waals surface area contributed by atoms with Crippen LogP contribution in [0.3, 0.4) is 0 Å². The first-order chi connectivity index (χ1) is 12.5. The van der Waals surface area contributed by atoms with Gasteiger partial charge in [-0.3, -0.25) is 4.79 Å². The first-order valence-electron chi connectivity index (χ1n) is 7.65. The van der Waals surface area contributed by atoms with Gasteiger partial charge in [0.1, 0.15) is 17.4 Å². The van der Waals surface area contributed by atoms with Crippen molar-refractivity contribution in [3.63, 3.8) is 0 Å². The molecule has 8 heteroatoms. The summed E-state index contributed by atoms with van der Waals surface area (Å²) in [7, 11) is 3.11. The van der Waals surface area contributed by atoms with Crippen molar-refractivity contribution in [1.29, 1.82) is 0 Å². The Bertz CT molecular complexity index is 959. The van der Waals surface area contributed by atoms with Gasteiger partial charge in [-0.1, -0.05) is 23.9 Å². The summed E-state index contributed by atoms with van der Waals surface area (Å²) in [5.41, 5.74) is 0.490. The van der Waals surface area contributed by atoms with Crippen LogP contribution in [0.15, 0.2) is 47.6 Å². The highest BCUT2D eigenvalue weighted by Crippen LogP contribution is 2.26. The molecule has 0 bridgehead atoms. The highest BCUT2D eigenvalue weighted by atomic mass is 32.2. The average molecular weight is 375 g/mol. The summed E-state index contributed by atoms with van der Waals surface area (Å²) in [6.07, 6.45) is 0. The zero-order chi connectivity index (χ0) is 18.7. The zero-order valence-corrected chi connectivity index (χ0v) is 14.9. The topological polar surface area (TPSA) is 57.0 Å². The SMILES string of the molecule is COc1ccc(F)cc1C(=O)CSc1nnc(-c2ccccc2F)n1C. The van der Waals surface area contributed by atoms with E-state index in [2.05, 4.69) is 10.2 Å². The molecule has 0 saturated carbocycles. The number of nitrogens with zero attached hydrogens (tertiary/aromatic N) is 3. The van der Waals surface area contributed by atoms with Crippen LogP contribution in [0.25, 0.3) is 11.4 Å². The van der Waals surface area contributed by atoms with Crippen molar-refractivity contribution < 1.29 is 18.3 Å². The minimum Gasteiger partial charge on any atom is -0.496 e. The highest BCUT2D eigenvalue weighted by Gasteiger charge is 2.18. The maximum Gasteiger partial charge on any atom is 0.191 e. The number of rotatable bonds is 6. The summed E-state index contributed by atoms with van der Waals surface area (Å²) in [5, 5.41) is 8.46. The van der Waals surface area contributed by atoms with Crippen molar-refractivity contribution >= 4 is 17.5 Å². The van der Waals surface area contributed by atoms with E-state index in [0.29, 0.717) is 22.3 Å². The first-order valence-corrected chi connectivity index (χ1v) is 8.63. The first kappa shape index (κ1) is 18.1. The molecule has 3 aromatic rings. The Hall–Kier alpha value is -2.74. The van der Waals surface area contributed by atoms with Crippen molar-refractivity contribution in [2.24, 2.45) is 7.05 Å². The second-order valence-electron chi connectivity index (χ2n) is 5.40. The van der Waals surface area contributed by atoms with Crippen LogP contribution >= 0.6 is 11.8 Å². The number of thioether (sulfide) groups is 1. The lowest BCUT2D eigenvalue weighted by Gasteiger charge is -2.08. The molecule has 0 radical (unpaired) electrons. The van der Waals surface area contributed by atoms with E-state index in [4.69, 9.17) is 4.74 Å². The second-order valence-corrected chi connectivity index (χ2v) is 6.34. The van der Waals surface area contributed by atoms with Crippen LogP contribution in [0.1, 0.15) is 10.4 Å². The van der Waals surface area contributed by atoms with E-state index in [1.165, 1.54) is 25.3 Å². The van der Waals surface area contributed by atoms with E-state index in [1.807, 2.05) is 0 Å². The molecule has 0 amide bonds. The van der Waals surface area contributed by atoms with Crippen molar-refractivity contribution in [1.82, 2.24) is 14.8 Å². The molecule has 0 fully saturated rings. The summed E-state index contributed by atoms with van der Waals surface area (Å²) in [6.45, 7) is 0. The maximum absolute atomic E-state index is 13.9. The van der Waals surface area contributed by atoms with Crippen LogP contribution in [0, 0.1) is 11.6 Å². The Morgan fingerprint density at radius 2 is 1.96 bits per heavy atom. The molecule has 26 heavy (non-hydrogen) atoms. The van der Waals surface area contributed by atoms with Gasteiger partial charge in [0.25, 0.3) is 0 Å². The lowest BCUT2D eigenvalue weighted by molar-refractivity contribution is 0.101. The van der Waals surface area contributed by atoms with E-state index in [1.54, 1.807) is 29.8 Å². The van der Waals surface area contributed by atoms with Crippen LogP contribution in [0.2, 0.25) is 0 Å². The van der Waals surface area contributed by atoms with Crippen LogP contribution in [-0.2, 0) is 7.05 Å². The van der Waals surface area contributed by atoms with Gasteiger partial charge in [-0.15, -0.1) is 10.2 Å². The van der Waals surface area contributed by atoms with Crippen molar-refractivity contribution in [2.45, 2.75) is 5.16 Å². The number of methoxy groups -OCH3 is 1. The van der Waals surface area contributed by atoms with E-state index in [-0.39, 0.29) is 17.1 Å². The number of benzene rings is 2. The summed E-state index contributed by atoms with van der Waals surface area (Å²) < 4.78 is 34.1. The number of carbonyl (C=O) groups excluding carboxylic acids is 1. The molecular formula is C18H15F2N3O2S. The van der Waals surface area contributed by atoms with Crippen LogP contribution in [-0.4, -0.2) is 33.4 Å². The summed E-state index contributed by atoms with van der Waals surface area (Å²) in [4.78, 5) is 12.4. The quantitative estimate of drug-likeness (QED) is 0.485. The predicted octanol–water partition coefficient (Wildman–Crippen LogP) is 3.74. The van der Waals surface area contributed by atoms with Gasteiger partial charge in [0.2, 0.25) is 0 Å². The Morgan fingerprint density at radius 3 is 2.69 bits per heavy atom. The van der Waals surface area contributed by atoms with Gasteiger partial charge in [-0.2, -0.15) is 0 Å². The third-order valence-corrected chi connectivity index (χ3v) is 4.76. The highest BCUT2D eigenvalue weighted by molar-refractivity contribution is 7.99. The molecule has 1 heterocycles. The molecule has 0 N–H and O–H groups in total.